The molecule has 0 bridgehead atoms. The highest BCUT2D eigenvalue weighted by Gasteiger charge is 2.01. The molecule has 1 aromatic rings. The molecular formula is C16H25NO. The van der Waals surface area contributed by atoms with Crippen molar-refractivity contribution >= 4 is 5.91 Å². The number of unbranched alkanes of at least 4 members (excludes halogenated alkanes) is 3. The van der Waals surface area contributed by atoms with Crippen molar-refractivity contribution < 1.29 is 4.79 Å². The molecule has 0 saturated heterocycles. The van der Waals surface area contributed by atoms with Gasteiger partial charge in [-0.15, -0.1) is 0 Å². The summed E-state index contributed by atoms with van der Waals surface area (Å²) in [5.74, 6) is 0.173. The first-order valence-electron chi connectivity index (χ1n) is 7.04. The van der Waals surface area contributed by atoms with E-state index in [2.05, 4.69) is 43.4 Å². The summed E-state index contributed by atoms with van der Waals surface area (Å²) >= 11 is 0. The van der Waals surface area contributed by atoms with Gasteiger partial charge in [0.05, 0.1) is 0 Å². The fraction of sp³-hybridized carbons (Fsp3) is 0.562. The van der Waals surface area contributed by atoms with E-state index in [9.17, 15) is 4.79 Å². The largest absolute Gasteiger partial charge is 0.356 e. The molecule has 0 radical (unpaired) electrons. The number of aryl methyl sites for hydroxylation is 2. The van der Waals surface area contributed by atoms with Gasteiger partial charge in [-0.1, -0.05) is 56.0 Å². The molecular weight excluding hydrogens is 222 g/mol. The molecule has 1 aromatic carbocycles. The zero-order chi connectivity index (χ0) is 13.2. The van der Waals surface area contributed by atoms with Crippen LogP contribution in [0.3, 0.4) is 0 Å². The summed E-state index contributed by atoms with van der Waals surface area (Å²) < 4.78 is 0. The molecule has 0 aliphatic rings. The third kappa shape index (κ3) is 6.43. The molecule has 0 saturated carbocycles. The fourth-order valence-corrected chi connectivity index (χ4v) is 1.88. The van der Waals surface area contributed by atoms with Crippen molar-refractivity contribution in [3.8, 4) is 0 Å². The summed E-state index contributed by atoms with van der Waals surface area (Å²) in [6, 6.07) is 8.39. The third-order valence-electron chi connectivity index (χ3n) is 3.11. The second kappa shape index (κ2) is 8.73. The van der Waals surface area contributed by atoms with E-state index in [4.69, 9.17) is 0 Å². The molecule has 2 heteroatoms. The number of carbonyl (C=O) groups excluding carboxylic acids is 1. The first kappa shape index (κ1) is 14.7. The predicted molar refractivity (Wildman–Crippen MR) is 76.7 cm³/mol. The van der Waals surface area contributed by atoms with Crippen LogP contribution in [0.25, 0.3) is 0 Å². The molecule has 0 fully saturated rings. The van der Waals surface area contributed by atoms with Gasteiger partial charge in [0.2, 0.25) is 5.91 Å². The van der Waals surface area contributed by atoms with Crippen LogP contribution in [0, 0.1) is 6.92 Å². The lowest BCUT2D eigenvalue weighted by atomic mass is 10.1. The Kier molecular flexibility index (Phi) is 7.16. The van der Waals surface area contributed by atoms with E-state index in [0.717, 1.165) is 19.4 Å². The van der Waals surface area contributed by atoms with E-state index >= 15 is 0 Å². The third-order valence-corrected chi connectivity index (χ3v) is 3.11. The van der Waals surface area contributed by atoms with E-state index in [0.29, 0.717) is 6.42 Å². The number of hydrogen-bond acceptors (Lipinski definition) is 1. The van der Waals surface area contributed by atoms with Crippen LogP contribution in [0.4, 0.5) is 0 Å². The van der Waals surface area contributed by atoms with Crippen molar-refractivity contribution in [2.24, 2.45) is 0 Å². The van der Waals surface area contributed by atoms with Gasteiger partial charge in [-0.2, -0.15) is 0 Å². The SMILES string of the molecule is CCCCCCNC(=O)CCc1ccc(C)cc1. The molecule has 0 atom stereocenters. The Morgan fingerprint density at radius 3 is 2.50 bits per heavy atom. The number of carbonyl (C=O) groups is 1. The second-order valence-electron chi connectivity index (χ2n) is 4.90. The van der Waals surface area contributed by atoms with E-state index in [1.807, 2.05) is 0 Å². The van der Waals surface area contributed by atoms with Gasteiger partial charge in [0.15, 0.2) is 0 Å². The predicted octanol–water partition coefficient (Wildman–Crippen LogP) is 3.62. The maximum absolute atomic E-state index is 11.6. The molecule has 0 unspecified atom stereocenters. The summed E-state index contributed by atoms with van der Waals surface area (Å²) in [6.07, 6.45) is 6.25. The lowest BCUT2D eigenvalue weighted by Crippen LogP contribution is -2.24. The Hall–Kier alpha value is -1.31. The van der Waals surface area contributed by atoms with Gasteiger partial charge in [0, 0.05) is 13.0 Å². The van der Waals surface area contributed by atoms with Gasteiger partial charge in [0.25, 0.3) is 0 Å². The zero-order valence-electron chi connectivity index (χ0n) is 11.7. The number of hydrogen-bond donors (Lipinski definition) is 1. The molecule has 1 N–H and O–H groups in total. The van der Waals surface area contributed by atoms with Crippen molar-refractivity contribution in [1.82, 2.24) is 5.32 Å². The lowest BCUT2D eigenvalue weighted by molar-refractivity contribution is -0.121. The van der Waals surface area contributed by atoms with Crippen LogP contribution in [-0.2, 0) is 11.2 Å². The number of amides is 1. The highest BCUT2D eigenvalue weighted by molar-refractivity contribution is 5.76. The standard InChI is InChI=1S/C16H25NO/c1-3-4-5-6-13-17-16(18)12-11-15-9-7-14(2)8-10-15/h7-10H,3-6,11-13H2,1-2H3,(H,17,18). The first-order chi connectivity index (χ1) is 8.72. The minimum Gasteiger partial charge on any atom is -0.356 e. The molecule has 0 heterocycles. The van der Waals surface area contributed by atoms with Crippen LogP contribution in [0.2, 0.25) is 0 Å². The highest BCUT2D eigenvalue weighted by Crippen LogP contribution is 2.05. The molecule has 2 nitrogen and oxygen atoms in total. The summed E-state index contributed by atoms with van der Waals surface area (Å²) in [5.41, 5.74) is 2.50. The molecule has 1 amide bonds. The normalized spacial score (nSPS) is 10.3. The monoisotopic (exact) mass is 247 g/mol. The smallest absolute Gasteiger partial charge is 0.220 e. The van der Waals surface area contributed by atoms with Gasteiger partial charge in [-0.3, -0.25) is 4.79 Å². The van der Waals surface area contributed by atoms with Crippen LogP contribution < -0.4 is 5.32 Å². The fourth-order valence-electron chi connectivity index (χ4n) is 1.88. The topological polar surface area (TPSA) is 29.1 Å². The van der Waals surface area contributed by atoms with Gasteiger partial charge in [-0.05, 0) is 25.3 Å². The molecule has 0 aliphatic carbocycles. The summed E-state index contributed by atoms with van der Waals surface area (Å²) in [7, 11) is 0. The van der Waals surface area contributed by atoms with Crippen LogP contribution in [0.15, 0.2) is 24.3 Å². The highest BCUT2D eigenvalue weighted by atomic mass is 16.1. The number of benzene rings is 1. The minimum absolute atomic E-state index is 0.173. The molecule has 0 aliphatic heterocycles. The van der Waals surface area contributed by atoms with Crippen molar-refractivity contribution in [3.63, 3.8) is 0 Å². The maximum atomic E-state index is 11.6. The molecule has 0 aromatic heterocycles. The van der Waals surface area contributed by atoms with E-state index < -0.39 is 0 Å². The van der Waals surface area contributed by atoms with Gasteiger partial charge >= 0.3 is 0 Å². The summed E-state index contributed by atoms with van der Waals surface area (Å²) in [6.45, 7) is 5.10. The van der Waals surface area contributed by atoms with Crippen LogP contribution in [0.1, 0.15) is 50.2 Å². The van der Waals surface area contributed by atoms with Crippen molar-refractivity contribution in [1.29, 1.82) is 0 Å². The van der Waals surface area contributed by atoms with Gasteiger partial charge in [0.1, 0.15) is 0 Å². The molecule has 1 rings (SSSR count). The quantitative estimate of drug-likeness (QED) is 0.698. The Labute approximate surface area is 111 Å². The molecule has 0 spiro atoms. The van der Waals surface area contributed by atoms with E-state index in [-0.39, 0.29) is 5.91 Å². The Morgan fingerprint density at radius 1 is 1.11 bits per heavy atom. The molecule has 18 heavy (non-hydrogen) atoms. The summed E-state index contributed by atoms with van der Waals surface area (Å²) in [4.78, 5) is 11.6. The van der Waals surface area contributed by atoms with E-state index in [1.165, 1.54) is 30.4 Å². The Morgan fingerprint density at radius 2 is 1.83 bits per heavy atom. The summed E-state index contributed by atoms with van der Waals surface area (Å²) in [5, 5.41) is 2.98. The Bertz CT molecular complexity index is 343. The second-order valence-corrected chi connectivity index (χ2v) is 4.90. The van der Waals surface area contributed by atoms with Crippen LogP contribution >= 0.6 is 0 Å². The van der Waals surface area contributed by atoms with Gasteiger partial charge < -0.3 is 5.32 Å². The van der Waals surface area contributed by atoms with Crippen molar-refractivity contribution in [2.45, 2.75) is 52.4 Å². The first-order valence-corrected chi connectivity index (χ1v) is 7.04. The maximum Gasteiger partial charge on any atom is 0.220 e. The van der Waals surface area contributed by atoms with Crippen molar-refractivity contribution in [3.05, 3.63) is 35.4 Å². The Balaban J connectivity index is 2.11. The molecule has 100 valence electrons. The lowest BCUT2D eigenvalue weighted by Gasteiger charge is -2.05. The zero-order valence-corrected chi connectivity index (χ0v) is 11.7. The average Bonchev–Trinajstić information content (AvgIpc) is 2.38. The van der Waals surface area contributed by atoms with Gasteiger partial charge in [-0.25, -0.2) is 0 Å². The number of rotatable bonds is 8. The number of nitrogens with one attached hydrogen (secondary N) is 1. The van der Waals surface area contributed by atoms with Crippen LogP contribution in [0.5, 0.6) is 0 Å². The van der Waals surface area contributed by atoms with E-state index in [1.54, 1.807) is 0 Å². The minimum atomic E-state index is 0.173. The van der Waals surface area contributed by atoms with Crippen molar-refractivity contribution in [2.75, 3.05) is 6.54 Å². The van der Waals surface area contributed by atoms with Crippen LogP contribution in [-0.4, -0.2) is 12.5 Å². The average molecular weight is 247 g/mol.